The number of guanidine groups is 1. The van der Waals surface area contributed by atoms with Crippen molar-refractivity contribution >= 4 is 23.7 Å². The molecule has 1 unspecified atom stereocenters. The summed E-state index contributed by atoms with van der Waals surface area (Å²) in [5, 5.41) is 10.5. The maximum absolute atomic E-state index is 11.9. The maximum Gasteiger partial charge on any atom is 0.243 e. The van der Waals surface area contributed by atoms with Crippen molar-refractivity contribution < 1.29 is 14.4 Å². The lowest BCUT2D eigenvalue weighted by atomic mass is 10.1. The number of amides is 3. The van der Waals surface area contributed by atoms with Crippen molar-refractivity contribution in [3.8, 4) is 0 Å². The van der Waals surface area contributed by atoms with Gasteiger partial charge in [0.05, 0.1) is 13.1 Å². The first-order valence-corrected chi connectivity index (χ1v) is 6.86. The second-order valence-corrected chi connectivity index (χ2v) is 4.51. The normalized spacial score (nSPS) is 12.4. The molecule has 1 atom stereocenters. The van der Waals surface area contributed by atoms with Crippen molar-refractivity contribution in [2.24, 2.45) is 16.5 Å². The van der Waals surface area contributed by atoms with Crippen LogP contribution in [0, 0.1) is 0 Å². The summed E-state index contributed by atoms with van der Waals surface area (Å²) in [6.07, 6.45) is 0.953. The molecule has 0 aromatic carbocycles. The second kappa shape index (κ2) is 11.3. The molecule has 0 aliphatic heterocycles. The molecular weight excluding hydrogens is 290 g/mol. The predicted octanol–water partition coefficient (Wildman–Crippen LogP) is -3.39. The molecular formula is C12H25N7O3. The minimum atomic E-state index is -0.748. The Bertz CT molecular complexity index is 412. The number of carbonyl (C=O) groups excluding carboxylic acids is 3. The fourth-order valence-corrected chi connectivity index (χ4v) is 1.57. The molecule has 0 spiro atoms. The van der Waals surface area contributed by atoms with Crippen LogP contribution in [0.2, 0.25) is 0 Å². The van der Waals surface area contributed by atoms with E-state index >= 15 is 0 Å². The van der Waals surface area contributed by atoms with Crippen LogP contribution in [-0.2, 0) is 14.4 Å². The van der Waals surface area contributed by atoms with Gasteiger partial charge in [-0.3, -0.25) is 19.4 Å². The maximum atomic E-state index is 11.9. The zero-order chi connectivity index (χ0) is 17.0. The quantitative estimate of drug-likeness (QED) is 0.140. The Labute approximate surface area is 129 Å². The summed E-state index contributed by atoms with van der Waals surface area (Å²) in [5.74, 6) is -1.12. The minimum Gasteiger partial charge on any atom is -0.370 e. The number of nitrogens with zero attached hydrogens (tertiary/aromatic N) is 1. The van der Waals surface area contributed by atoms with Gasteiger partial charge in [-0.05, 0) is 19.9 Å². The van der Waals surface area contributed by atoms with Crippen LogP contribution >= 0.6 is 0 Å². The van der Waals surface area contributed by atoms with Gasteiger partial charge in [0, 0.05) is 13.6 Å². The Morgan fingerprint density at radius 2 is 1.82 bits per heavy atom. The molecule has 0 heterocycles. The van der Waals surface area contributed by atoms with Crippen LogP contribution in [0.15, 0.2) is 4.99 Å². The van der Waals surface area contributed by atoms with E-state index in [2.05, 4.69) is 26.3 Å². The molecule has 22 heavy (non-hydrogen) atoms. The molecule has 0 fully saturated rings. The number of rotatable bonds is 10. The Balaban J connectivity index is 4.41. The highest BCUT2D eigenvalue weighted by molar-refractivity contribution is 5.90. The van der Waals surface area contributed by atoms with Gasteiger partial charge in [-0.25, -0.2) is 0 Å². The summed E-state index contributed by atoms with van der Waals surface area (Å²) < 4.78 is 0. The predicted molar refractivity (Wildman–Crippen MR) is 82.8 cm³/mol. The Kier molecular flexibility index (Phi) is 10.1. The summed E-state index contributed by atoms with van der Waals surface area (Å²) in [7, 11) is 3.18. The van der Waals surface area contributed by atoms with Crippen LogP contribution in [0.25, 0.3) is 0 Å². The van der Waals surface area contributed by atoms with Crippen LogP contribution < -0.4 is 32.7 Å². The van der Waals surface area contributed by atoms with Crippen LogP contribution in [0.4, 0.5) is 0 Å². The van der Waals surface area contributed by atoms with E-state index in [0.29, 0.717) is 25.3 Å². The average molecular weight is 315 g/mol. The largest absolute Gasteiger partial charge is 0.370 e. The van der Waals surface area contributed by atoms with Gasteiger partial charge in [-0.2, -0.15) is 0 Å². The van der Waals surface area contributed by atoms with E-state index in [9.17, 15) is 14.4 Å². The summed E-state index contributed by atoms with van der Waals surface area (Å²) in [5.41, 5.74) is 10.5. The molecule has 0 aliphatic rings. The number of carbonyl (C=O) groups is 3. The molecule has 10 nitrogen and oxygen atoms in total. The van der Waals surface area contributed by atoms with Gasteiger partial charge in [0.1, 0.15) is 6.04 Å². The number of likely N-dealkylation sites (N-methyl/N-ethyl adjacent to an activating group) is 1. The summed E-state index contributed by atoms with van der Waals surface area (Å²) >= 11 is 0. The lowest BCUT2D eigenvalue weighted by Crippen LogP contribution is -2.50. The molecule has 0 saturated carbocycles. The Morgan fingerprint density at radius 3 is 2.36 bits per heavy atom. The van der Waals surface area contributed by atoms with Crippen molar-refractivity contribution in [2.75, 3.05) is 33.7 Å². The van der Waals surface area contributed by atoms with Crippen molar-refractivity contribution in [1.82, 2.24) is 21.3 Å². The molecule has 0 radical (unpaired) electrons. The minimum absolute atomic E-state index is 0.0906. The molecule has 8 N–H and O–H groups in total. The molecule has 0 aromatic heterocycles. The lowest BCUT2D eigenvalue weighted by molar-refractivity contribution is -0.129. The Hall–Kier alpha value is -2.36. The highest BCUT2D eigenvalue weighted by atomic mass is 16.2. The van der Waals surface area contributed by atoms with Gasteiger partial charge in [-0.15, -0.1) is 0 Å². The average Bonchev–Trinajstić information content (AvgIpc) is 2.47. The van der Waals surface area contributed by atoms with Crippen molar-refractivity contribution in [2.45, 2.75) is 18.9 Å². The van der Waals surface area contributed by atoms with Gasteiger partial charge in [0.2, 0.25) is 17.7 Å². The van der Waals surface area contributed by atoms with E-state index in [0.717, 1.165) is 0 Å². The summed E-state index contributed by atoms with van der Waals surface area (Å²) in [6.45, 7) is 0.322. The third-order valence-electron chi connectivity index (χ3n) is 2.64. The standard InChI is InChI=1S/C12H25N7O3/c1-15-7-10(21)19-8(11(22)18-6-9(13)20)4-3-5-17-12(14)16-2/h8,15H,3-7H2,1-2H3,(H2,13,20)(H,18,22)(H,19,21)(H3,14,16,17). The molecule has 0 saturated heterocycles. The fraction of sp³-hybridized carbons (Fsp3) is 0.667. The zero-order valence-electron chi connectivity index (χ0n) is 12.9. The Morgan fingerprint density at radius 1 is 1.14 bits per heavy atom. The number of nitrogens with one attached hydrogen (secondary N) is 4. The number of nitrogens with two attached hydrogens (primary N) is 2. The van der Waals surface area contributed by atoms with Crippen LogP contribution in [-0.4, -0.2) is 63.5 Å². The van der Waals surface area contributed by atoms with Gasteiger partial charge in [0.25, 0.3) is 0 Å². The molecule has 0 rings (SSSR count). The van der Waals surface area contributed by atoms with E-state index < -0.39 is 17.9 Å². The number of hydrogen-bond donors (Lipinski definition) is 6. The van der Waals surface area contributed by atoms with Crippen LogP contribution in [0.1, 0.15) is 12.8 Å². The number of aliphatic imine (C=N–C) groups is 1. The highest BCUT2D eigenvalue weighted by Crippen LogP contribution is 1.97. The van der Waals surface area contributed by atoms with Gasteiger partial charge in [-0.1, -0.05) is 0 Å². The first-order chi connectivity index (χ1) is 10.4. The van der Waals surface area contributed by atoms with Gasteiger partial charge in [0.15, 0.2) is 5.96 Å². The van der Waals surface area contributed by atoms with E-state index in [1.807, 2.05) is 0 Å². The smallest absolute Gasteiger partial charge is 0.243 e. The molecule has 0 bridgehead atoms. The number of primary amides is 1. The first-order valence-electron chi connectivity index (χ1n) is 6.86. The molecule has 3 amide bonds. The van der Waals surface area contributed by atoms with Gasteiger partial charge < -0.3 is 32.7 Å². The van der Waals surface area contributed by atoms with E-state index in [1.165, 1.54) is 0 Å². The van der Waals surface area contributed by atoms with Crippen molar-refractivity contribution in [3.05, 3.63) is 0 Å². The highest BCUT2D eigenvalue weighted by Gasteiger charge is 2.20. The van der Waals surface area contributed by atoms with Crippen LogP contribution in [0.3, 0.4) is 0 Å². The molecule has 126 valence electrons. The fourth-order valence-electron chi connectivity index (χ4n) is 1.57. The SMILES string of the molecule is CN=C(N)NCCCC(NC(=O)CNC)C(=O)NCC(N)=O. The monoisotopic (exact) mass is 315 g/mol. The lowest BCUT2D eigenvalue weighted by Gasteiger charge is -2.18. The summed E-state index contributed by atoms with van der Waals surface area (Å²) in [6, 6.07) is -0.748. The third-order valence-corrected chi connectivity index (χ3v) is 2.64. The van der Waals surface area contributed by atoms with Crippen LogP contribution in [0.5, 0.6) is 0 Å². The summed E-state index contributed by atoms with van der Waals surface area (Å²) in [4.78, 5) is 38.0. The molecule has 10 heteroatoms. The number of hydrogen-bond acceptors (Lipinski definition) is 5. The topological polar surface area (TPSA) is 164 Å². The zero-order valence-corrected chi connectivity index (χ0v) is 12.9. The van der Waals surface area contributed by atoms with Gasteiger partial charge >= 0.3 is 0 Å². The molecule has 0 aliphatic carbocycles. The van der Waals surface area contributed by atoms with Crippen molar-refractivity contribution in [1.29, 1.82) is 0 Å². The second-order valence-electron chi connectivity index (χ2n) is 4.51. The third kappa shape index (κ3) is 9.53. The van der Waals surface area contributed by atoms with Crippen molar-refractivity contribution in [3.63, 3.8) is 0 Å². The molecule has 0 aromatic rings. The van der Waals surface area contributed by atoms with E-state index in [4.69, 9.17) is 11.5 Å². The first kappa shape index (κ1) is 19.6. The van der Waals surface area contributed by atoms with E-state index in [-0.39, 0.29) is 19.0 Å². The van der Waals surface area contributed by atoms with E-state index in [1.54, 1.807) is 14.1 Å².